The molecule has 2 N–H and O–H groups in total. The molecule has 0 aliphatic rings. The maximum absolute atomic E-state index is 4.44. The highest BCUT2D eigenvalue weighted by Gasteiger charge is 2.00. The Labute approximate surface area is 92.3 Å². The monoisotopic (exact) mass is 207 g/mol. The second-order valence-electron chi connectivity index (χ2n) is 3.86. The molecule has 1 atom stereocenters. The average Bonchev–Trinajstić information content (AvgIpc) is 2.23. The van der Waals surface area contributed by atoms with Crippen molar-refractivity contribution in [2.24, 2.45) is 0 Å². The van der Waals surface area contributed by atoms with Crippen LogP contribution in [0.15, 0.2) is 18.2 Å². The zero-order valence-corrected chi connectivity index (χ0v) is 9.88. The highest BCUT2D eigenvalue weighted by Crippen LogP contribution is 1.97. The van der Waals surface area contributed by atoms with Gasteiger partial charge in [-0.15, -0.1) is 0 Å². The van der Waals surface area contributed by atoms with E-state index in [2.05, 4.69) is 35.5 Å². The molecule has 1 unspecified atom stereocenters. The molecule has 0 saturated carbocycles. The van der Waals surface area contributed by atoms with Crippen LogP contribution in [0.4, 0.5) is 0 Å². The smallest absolute Gasteiger partial charge is 0.0544 e. The minimum atomic E-state index is 0.479. The molecule has 3 nitrogen and oxygen atoms in total. The lowest BCUT2D eigenvalue weighted by atomic mass is 10.3. The molecule has 1 aromatic heterocycles. The van der Waals surface area contributed by atoms with E-state index in [-0.39, 0.29) is 0 Å². The van der Waals surface area contributed by atoms with E-state index in [1.807, 2.05) is 19.1 Å². The molecule has 84 valence electrons. The first kappa shape index (κ1) is 12.1. The molecule has 0 amide bonds. The van der Waals surface area contributed by atoms with Crippen LogP contribution in [-0.4, -0.2) is 24.1 Å². The Morgan fingerprint density at radius 2 is 2.20 bits per heavy atom. The van der Waals surface area contributed by atoms with Crippen molar-refractivity contribution < 1.29 is 0 Å². The summed E-state index contributed by atoms with van der Waals surface area (Å²) in [7, 11) is 0. The number of rotatable bonds is 6. The number of hydrogen-bond acceptors (Lipinski definition) is 3. The molecule has 1 aromatic rings. The molecular weight excluding hydrogens is 186 g/mol. The zero-order chi connectivity index (χ0) is 11.1. The fraction of sp³-hybridized carbons (Fsp3) is 0.583. The van der Waals surface area contributed by atoms with Crippen LogP contribution in [0, 0.1) is 6.92 Å². The van der Waals surface area contributed by atoms with Crippen molar-refractivity contribution in [3.8, 4) is 0 Å². The molecule has 3 heteroatoms. The molecule has 0 radical (unpaired) electrons. The van der Waals surface area contributed by atoms with Crippen LogP contribution in [0.1, 0.15) is 25.2 Å². The van der Waals surface area contributed by atoms with Gasteiger partial charge in [-0.25, -0.2) is 0 Å². The van der Waals surface area contributed by atoms with Gasteiger partial charge in [-0.1, -0.05) is 13.0 Å². The van der Waals surface area contributed by atoms with E-state index in [0.29, 0.717) is 6.04 Å². The van der Waals surface area contributed by atoms with E-state index >= 15 is 0 Å². The SMILES string of the molecule is CCNCC(C)NCc1cccc(C)n1. The third-order valence-electron chi connectivity index (χ3n) is 2.28. The van der Waals surface area contributed by atoms with Crippen molar-refractivity contribution in [1.29, 1.82) is 0 Å². The molecule has 0 fully saturated rings. The number of aromatic nitrogens is 1. The van der Waals surface area contributed by atoms with Crippen molar-refractivity contribution in [2.45, 2.75) is 33.4 Å². The van der Waals surface area contributed by atoms with Crippen molar-refractivity contribution in [2.75, 3.05) is 13.1 Å². The summed E-state index contributed by atoms with van der Waals surface area (Å²) in [6.07, 6.45) is 0. The number of likely N-dealkylation sites (N-methyl/N-ethyl adjacent to an activating group) is 1. The molecule has 0 saturated heterocycles. The summed E-state index contributed by atoms with van der Waals surface area (Å²) in [6, 6.07) is 6.60. The molecule has 0 bridgehead atoms. The van der Waals surface area contributed by atoms with Crippen molar-refractivity contribution >= 4 is 0 Å². The second kappa shape index (κ2) is 6.53. The Morgan fingerprint density at radius 3 is 2.87 bits per heavy atom. The van der Waals surface area contributed by atoms with Crippen LogP contribution in [0.5, 0.6) is 0 Å². The van der Waals surface area contributed by atoms with Gasteiger partial charge in [-0.05, 0) is 32.5 Å². The Balaban J connectivity index is 2.30. The molecule has 0 aliphatic heterocycles. The highest BCUT2D eigenvalue weighted by molar-refractivity contribution is 5.09. The number of aryl methyl sites for hydroxylation is 1. The lowest BCUT2D eigenvalue weighted by molar-refractivity contribution is 0.505. The van der Waals surface area contributed by atoms with Crippen LogP contribution >= 0.6 is 0 Å². The highest BCUT2D eigenvalue weighted by atomic mass is 15.0. The molecule has 1 heterocycles. The van der Waals surface area contributed by atoms with Gasteiger partial charge in [0.25, 0.3) is 0 Å². The van der Waals surface area contributed by atoms with E-state index in [0.717, 1.165) is 31.0 Å². The zero-order valence-electron chi connectivity index (χ0n) is 9.88. The number of nitrogens with one attached hydrogen (secondary N) is 2. The van der Waals surface area contributed by atoms with Crippen molar-refractivity contribution in [3.05, 3.63) is 29.6 Å². The predicted molar refractivity (Wildman–Crippen MR) is 63.8 cm³/mol. The van der Waals surface area contributed by atoms with Crippen LogP contribution in [0.25, 0.3) is 0 Å². The minimum Gasteiger partial charge on any atom is -0.315 e. The van der Waals surface area contributed by atoms with Gasteiger partial charge in [0, 0.05) is 24.8 Å². The number of pyridine rings is 1. The lowest BCUT2D eigenvalue weighted by Gasteiger charge is -2.13. The first-order valence-electron chi connectivity index (χ1n) is 5.59. The van der Waals surface area contributed by atoms with E-state index in [4.69, 9.17) is 0 Å². The first-order chi connectivity index (χ1) is 7.22. The quantitative estimate of drug-likeness (QED) is 0.742. The number of hydrogen-bond donors (Lipinski definition) is 2. The third-order valence-corrected chi connectivity index (χ3v) is 2.28. The van der Waals surface area contributed by atoms with Gasteiger partial charge in [0.2, 0.25) is 0 Å². The van der Waals surface area contributed by atoms with E-state index in [9.17, 15) is 0 Å². The molecule has 1 rings (SSSR count). The summed E-state index contributed by atoms with van der Waals surface area (Å²) in [6.45, 7) is 9.18. The van der Waals surface area contributed by atoms with Crippen LogP contribution in [0.3, 0.4) is 0 Å². The van der Waals surface area contributed by atoms with Crippen LogP contribution in [-0.2, 0) is 6.54 Å². The summed E-state index contributed by atoms with van der Waals surface area (Å²) in [5, 5.41) is 6.75. The Hall–Kier alpha value is -0.930. The maximum atomic E-state index is 4.44. The fourth-order valence-electron chi connectivity index (χ4n) is 1.41. The van der Waals surface area contributed by atoms with Crippen LogP contribution < -0.4 is 10.6 Å². The fourth-order valence-corrected chi connectivity index (χ4v) is 1.41. The Kier molecular flexibility index (Phi) is 5.29. The van der Waals surface area contributed by atoms with Gasteiger partial charge in [0.1, 0.15) is 0 Å². The van der Waals surface area contributed by atoms with E-state index in [1.54, 1.807) is 0 Å². The summed E-state index contributed by atoms with van der Waals surface area (Å²) in [5.41, 5.74) is 2.19. The predicted octanol–water partition coefficient (Wildman–Crippen LogP) is 1.48. The van der Waals surface area contributed by atoms with Crippen molar-refractivity contribution in [1.82, 2.24) is 15.6 Å². The van der Waals surface area contributed by atoms with Gasteiger partial charge in [-0.2, -0.15) is 0 Å². The molecule has 0 spiro atoms. The summed E-state index contributed by atoms with van der Waals surface area (Å²) in [4.78, 5) is 4.44. The second-order valence-corrected chi connectivity index (χ2v) is 3.86. The van der Waals surface area contributed by atoms with E-state index < -0.39 is 0 Å². The Bertz CT molecular complexity index is 286. The first-order valence-corrected chi connectivity index (χ1v) is 5.59. The standard InChI is InChI=1S/C12H21N3/c1-4-13-8-11(3)14-9-12-7-5-6-10(2)15-12/h5-7,11,13-14H,4,8-9H2,1-3H3. The summed E-state index contributed by atoms with van der Waals surface area (Å²) >= 11 is 0. The van der Waals surface area contributed by atoms with Gasteiger partial charge < -0.3 is 10.6 Å². The minimum absolute atomic E-state index is 0.479. The summed E-state index contributed by atoms with van der Waals surface area (Å²) in [5.74, 6) is 0. The normalized spacial score (nSPS) is 12.7. The van der Waals surface area contributed by atoms with Crippen molar-refractivity contribution in [3.63, 3.8) is 0 Å². The molecule has 15 heavy (non-hydrogen) atoms. The van der Waals surface area contributed by atoms with Gasteiger partial charge in [0.15, 0.2) is 0 Å². The van der Waals surface area contributed by atoms with E-state index in [1.165, 1.54) is 0 Å². The topological polar surface area (TPSA) is 37.0 Å². The molecule has 0 aromatic carbocycles. The third kappa shape index (κ3) is 4.91. The van der Waals surface area contributed by atoms with Gasteiger partial charge in [0.05, 0.1) is 5.69 Å². The lowest BCUT2D eigenvalue weighted by Crippen LogP contribution is -2.35. The van der Waals surface area contributed by atoms with Gasteiger partial charge in [-0.3, -0.25) is 4.98 Å². The largest absolute Gasteiger partial charge is 0.315 e. The molecular formula is C12H21N3. The average molecular weight is 207 g/mol. The maximum Gasteiger partial charge on any atom is 0.0544 e. The van der Waals surface area contributed by atoms with Gasteiger partial charge >= 0.3 is 0 Å². The number of nitrogens with zero attached hydrogens (tertiary/aromatic N) is 1. The summed E-state index contributed by atoms with van der Waals surface area (Å²) < 4.78 is 0. The molecule has 0 aliphatic carbocycles. The van der Waals surface area contributed by atoms with Crippen LogP contribution in [0.2, 0.25) is 0 Å². The Morgan fingerprint density at radius 1 is 1.40 bits per heavy atom.